The summed E-state index contributed by atoms with van der Waals surface area (Å²) >= 11 is 0. The molecule has 0 fully saturated rings. The highest BCUT2D eigenvalue weighted by molar-refractivity contribution is 5.81. The van der Waals surface area contributed by atoms with Crippen LogP contribution < -0.4 is 11.1 Å². The third-order valence-corrected chi connectivity index (χ3v) is 2.53. The Kier molecular flexibility index (Phi) is 5.15. The van der Waals surface area contributed by atoms with Crippen molar-refractivity contribution >= 4 is 5.91 Å². The van der Waals surface area contributed by atoms with Gasteiger partial charge < -0.3 is 11.1 Å². The summed E-state index contributed by atoms with van der Waals surface area (Å²) < 4.78 is 1.75. The first-order chi connectivity index (χ1) is 7.99. The number of carbonyl (C=O) groups excluding carboxylic acids is 1. The average Bonchev–Trinajstić information content (AvgIpc) is 2.63. The predicted molar refractivity (Wildman–Crippen MR) is 67.4 cm³/mol. The smallest absolute Gasteiger partial charge is 0.236 e. The van der Waals surface area contributed by atoms with E-state index in [0.29, 0.717) is 12.5 Å². The second kappa shape index (κ2) is 6.39. The summed E-state index contributed by atoms with van der Waals surface area (Å²) in [5.74, 6) is 0.372. The van der Waals surface area contributed by atoms with Gasteiger partial charge in [-0.05, 0) is 24.3 Å². The monoisotopic (exact) mass is 238 g/mol. The number of hydrogen-bond acceptors (Lipinski definition) is 3. The van der Waals surface area contributed by atoms with Crippen LogP contribution in [0.2, 0.25) is 0 Å². The Balaban J connectivity index is 2.24. The molecule has 17 heavy (non-hydrogen) atoms. The van der Waals surface area contributed by atoms with Crippen LogP contribution in [0.25, 0.3) is 0 Å². The lowest BCUT2D eigenvalue weighted by Crippen LogP contribution is -2.42. The van der Waals surface area contributed by atoms with E-state index in [4.69, 9.17) is 5.73 Å². The highest BCUT2D eigenvalue weighted by Gasteiger charge is 2.14. The molecule has 1 atom stereocenters. The van der Waals surface area contributed by atoms with Crippen molar-refractivity contribution in [3.05, 3.63) is 18.0 Å². The summed E-state index contributed by atoms with van der Waals surface area (Å²) in [5.41, 5.74) is 6.89. The van der Waals surface area contributed by atoms with Crippen LogP contribution in [0.5, 0.6) is 0 Å². The summed E-state index contributed by atoms with van der Waals surface area (Å²) in [4.78, 5) is 11.6. The molecule has 0 bridgehead atoms. The van der Waals surface area contributed by atoms with Gasteiger partial charge in [0.05, 0.1) is 12.2 Å². The lowest BCUT2D eigenvalue weighted by Gasteiger charge is -2.13. The maximum Gasteiger partial charge on any atom is 0.236 e. The number of nitrogens with two attached hydrogens (primary N) is 1. The van der Waals surface area contributed by atoms with Gasteiger partial charge in [-0.3, -0.25) is 9.48 Å². The van der Waals surface area contributed by atoms with E-state index in [1.807, 2.05) is 13.2 Å². The van der Waals surface area contributed by atoms with E-state index < -0.39 is 6.04 Å². The fourth-order valence-corrected chi connectivity index (χ4v) is 1.68. The van der Waals surface area contributed by atoms with Crippen LogP contribution in [0.1, 0.15) is 25.8 Å². The van der Waals surface area contributed by atoms with Crippen LogP contribution in [0.4, 0.5) is 0 Å². The molecule has 1 aromatic rings. The van der Waals surface area contributed by atoms with Crippen LogP contribution in [-0.4, -0.2) is 28.3 Å². The predicted octanol–water partition coefficient (Wildman–Crippen LogP) is 0.452. The highest BCUT2D eigenvalue weighted by atomic mass is 16.2. The van der Waals surface area contributed by atoms with Crippen molar-refractivity contribution in [1.82, 2.24) is 15.1 Å². The molecule has 0 saturated heterocycles. The lowest BCUT2D eigenvalue weighted by atomic mass is 10.0. The molecule has 96 valence electrons. The van der Waals surface area contributed by atoms with E-state index >= 15 is 0 Å². The van der Waals surface area contributed by atoms with Gasteiger partial charge in [0, 0.05) is 19.8 Å². The van der Waals surface area contributed by atoms with Gasteiger partial charge in [0.2, 0.25) is 5.91 Å². The van der Waals surface area contributed by atoms with Crippen molar-refractivity contribution in [2.75, 3.05) is 6.54 Å². The van der Waals surface area contributed by atoms with E-state index in [1.54, 1.807) is 10.9 Å². The quantitative estimate of drug-likeness (QED) is 0.756. The van der Waals surface area contributed by atoms with Crippen molar-refractivity contribution in [2.24, 2.45) is 18.7 Å². The Morgan fingerprint density at radius 3 is 2.82 bits per heavy atom. The van der Waals surface area contributed by atoms with Gasteiger partial charge in [-0.25, -0.2) is 0 Å². The Hall–Kier alpha value is -1.36. The van der Waals surface area contributed by atoms with Gasteiger partial charge in [0.15, 0.2) is 0 Å². The minimum atomic E-state index is -0.399. The standard InChI is InChI=1S/C12H22N4O/c1-9(2)6-11(13)12(17)14-5-4-10-7-15-16(3)8-10/h7-9,11H,4-6,13H2,1-3H3,(H,14,17)/t11-/m1/s1. The van der Waals surface area contributed by atoms with Crippen LogP contribution in [0, 0.1) is 5.92 Å². The minimum Gasteiger partial charge on any atom is -0.354 e. The van der Waals surface area contributed by atoms with E-state index in [-0.39, 0.29) is 5.91 Å². The zero-order chi connectivity index (χ0) is 12.8. The van der Waals surface area contributed by atoms with Crippen LogP contribution in [-0.2, 0) is 18.3 Å². The molecule has 0 aliphatic heterocycles. The normalized spacial score (nSPS) is 12.8. The molecule has 5 heteroatoms. The average molecular weight is 238 g/mol. The Bertz CT molecular complexity index is 359. The molecule has 1 aromatic heterocycles. The van der Waals surface area contributed by atoms with E-state index in [2.05, 4.69) is 24.3 Å². The first-order valence-electron chi connectivity index (χ1n) is 6.00. The molecule has 0 spiro atoms. The largest absolute Gasteiger partial charge is 0.354 e. The number of carbonyl (C=O) groups is 1. The highest BCUT2D eigenvalue weighted by Crippen LogP contribution is 2.02. The van der Waals surface area contributed by atoms with Crippen molar-refractivity contribution in [3.8, 4) is 0 Å². The molecule has 0 saturated carbocycles. The number of rotatable bonds is 6. The number of nitrogens with one attached hydrogen (secondary N) is 1. The molecular formula is C12H22N4O. The topological polar surface area (TPSA) is 72.9 Å². The summed E-state index contributed by atoms with van der Waals surface area (Å²) in [6.45, 7) is 4.72. The van der Waals surface area contributed by atoms with Crippen molar-refractivity contribution in [1.29, 1.82) is 0 Å². The van der Waals surface area contributed by atoms with Gasteiger partial charge in [0.1, 0.15) is 0 Å². The number of hydrogen-bond donors (Lipinski definition) is 2. The molecule has 1 rings (SSSR count). The van der Waals surface area contributed by atoms with Crippen LogP contribution in [0.15, 0.2) is 12.4 Å². The number of nitrogens with zero attached hydrogens (tertiary/aromatic N) is 2. The second-order valence-corrected chi connectivity index (χ2v) is 4.80. The zero-order valence-electron chi connectivity index (χ0n) is 10.8. The molecule has 0 aromatic carbocycles. The first kappa shape index (κ1) is 13.7. The van der Waals surface area contributed by atoms with Crippen molar-refractivity contribution in [3.63, 3.8) is 0 Å². The third-order valence-electron chi connectivity index (χ3n) is 2.53. The summed E-state index contributed by atoms with van der Waals surface area (Å²) in [6.07, 6.45) is 5.26. The van der Waals surface area contributed by atoms with Gasteiger partial charge in [-0.2, -0.15) is 5.10 Å². The third kappa shape index (κ3) is 4.99. The molecule has 5 nitrogen and oxygen atoms in total. The number of aryl methyl sites for hydroxylation is 1. The lowest BCUT2D eigenvalue weighted by molar-refractivity contribution is -0.122. The van der Waals surface area contributed by atoms with E-state index in [1.165, 1.54) is 0 Å². The molecule has 1 amide bonds. The van der Waals surface area contributed by atoms with Gasteiger partial charge in [-0.15, -0.1) is 0 Å². The van der Waals surface area contributed by atoms with Crippen molar-refractivity contribution < 1.29 is 4.79 Å². The Morgan fingerprint density at radius 2 is 2.29 bits per heavy atom. The molecule has 1 heterocycles. The fourth-order valence-electron chi connectivity index (χ4n) is 1.68. The molecule has 0 aliphatic carbocycles. The van der Waals surface area contributed by atoms with Crippen LogP contribution in [0.3, 0.4) is 0 Å². The van der Waals surface area contributed by atoms with Gasteiger partial charge >= 0.3 is 0 Å². The molecule has 0 aliphatic rings. The first-order valence-corrected chi connectivity index (χ1v) is 6.00. The van der Waals surface area contributed by atoms with Crippen LogP contribution >= 0.6 is 0 Å². The summed E-state index contributed by atoms with van der Waals surface area (Å²) in [5, 5.41) is 6.91. The SMILES string of the molecule is CC(C)C[C@@H](N)C(=O)NCCc1cnn(C)c1. The fraction of sp³-hybridized carbons (Fsp3) is 0.667. The maximum absolute atomic E-state index is 11.6. The van der Waals surface area contributed by atoms with Crippen molar-refractivity contribution in [2.45, 2.75) is 32.7 Å². The minimum absolute atomic E-state index is 0.0670. The zero-order valence-corrected chi connectivity index (χ0v) is 10.8. The number of aromatic nitrogens is 2. The Labute approximate surface area is 102 Å². The van der Waals surface area contributed by atoms with E-state index in [9.17, 15) is 4.79 Å². The molecule has 0 radical (unpaired) electrons. The number of amides is 1. The molecular weight excluding hydrogens is 216 g/mol. The summed E-state index contributed by atoms with van der Waals surface area (Å²) in [6, 6.07) is -0.399. The maximum atomic E-state index is 11.6. The summed E-state index contributed by atoms with van der Waals surface area (Å²) in [7, 11) is 1.88. The molecule has 3 N–H and O–H groups in total. The molecule has 0 unspecified atom stereocenters. The van der Waals surface area contributed by atoms with E-state index in [0.717, 1.165) is 18.4 Å². The van der Waals surface area contributed by atoms with Gasteiger partial charge in [-0.1, -0.05) is 13.8 Å². The second-order valence-electron chi connectivity index (χ2n) is 4.80. The van der Waals surface area contributed by atoms with Gasteiger partial charge in [0.25, 0.3) is 0 Å². The Morgan fingerprint density at radius 1 is 1.59 bits per heavy atom.